The van der Waals surface area contributed by atoms with Gasteiger partial charge in [-0.1, -0.05) is 77.9 Å². The molecule has 1 heterocycles. The number of nitrogens with zero attached hydrogens (tertiary/aromatic N) is 1. The monoisotopic (exact) mass is 623 g/mol. The van der Waals surface area contributed by atoms with Gasteiger partial charge in [0.15, 0.2) is 0 Å². The van der Waals surface area contributed by atoms with Gasteiger partial charge in [-0.15, -0.1) is 0 Å². The zero-order valence-corrected chi connectivity index (χ0v) is 24.9. The maximum Gasteiger partial charge on any atom is 0.338 e. The van der Waals surface area contributed by atoms with E-state index in [1.165, 1.54) is 0 Å². The van der Waals surface area contributed by atoms with Crippen molar-refractivity contribution >= 4 is 39.5 Å². The van der Waals surface area contributed by atoms with E-state index >= 15 is 0 Å². The number of rotatable bonds is 7. The second kappa shape index (κ2) is 10.9. The van der Waals surface area contributed by atoms with Crippen molar-refractivity contribution < 1.29 is 19.4 Å². The molecule has 0 aliphatic rings. The van der Waals surface area contributed by atoms with Gasteiger partial charge in [-0.3, -0.25) is 0 Å². The molecule has 4 aromatic rings. The Morgan fingerprint density at radius 3 is 1.87 bits per heavy atom. The van der Waals surface area contributed by atoms with Crippen molar-refractivity contribution in [3.8, 4) is 11.5 Å². The molecule has 0 unspecified atom stereocenters. The molecule has 0 aliphatic carbocycles. The number of carbonyl (C=O) groups is 1. The zero-order chi connectivity index (χ0) is 27.7. The molecule has 1 N–H and O–H groups in total. The number of halogens is 1. The van der Waals surface area contributed by atoms with Crippen LogP contribution in [-0.2, 0) is 24.0 Å². The number of aromatic carboxylic acids is 1. The van der Waals surface area contributed by atoms with Gasteiger partial charge in [0.2, 0.25) is 0 Å². The number of ether oxygens (including phenoxy) is 2. The van der Waals surface area contributed by atoms with Crippen LogP contribution in [0.1, 0.15) is 74.3 Å². The van der Waals surface area contributed by atoms with Gasteiger partial charge < -0.3 is 14.6 Å². The number of carboxylic acid groups (broad SMARTS) is 1. The fourth-order valence-electron chi connectivity index (χ4n) is 4.58. The van der Waals surface area contributed by atoms with Crippen molar-refractivity contribution in [1.29, 1.82) is 0 Å². The molecule has 0 bridgehead atoms. The Hall–Kier alpha value is -3.13. The molecule has 38 heavy (non-hydrogen) atoms. The molecule has 0 radical (unpaired) electrons. The Labute approximate surface area is 238 Å². The summed E-state index contributed by atoms with van der Waals surface area (Å²) in [6.45, 7) is 12.9. The van der Waals surface area contributed by atoms with Crippen LogP contribution in [0.15, 0.2) is 66.7 Å². The number of pyridine rings is 1. The lowest BCUT2D eigenvalue weighted by Crippen LogP contribution is -2.17. The molecule has 4 rings (SSSR count). The molecule has 0 saturated heterocycles. The largest absolute Gasteiger partial charge is 0.489 e. The quantitative estimate of drug-likeness (QED) is 0.210. The van der Waals surface area contributed by atoms with Gasteiger partial charge in [0.25, 0.3) is 0 Å². The zero-order valence-electron chi connectivity index (χ0n) is 22.8. The first kappa shape index (κ1) is 27.9. The lowest BCUT2D eigenvalue weighted by molar-refractivity contribution is 0.0690. The highest BCUT2D eigenvalue weighted by Crippen LogP contribution is 2.34. The van der Waals surface area contributed by atoms with E-state index in [-0.39, 0.29) is 29.6 Å². The molecule has 6 heteroatoms. The Bertz CT molecular complexity index is 1480. The first-order valence-electron chi connectivity index (χ1n) is 12.6. The van der Waals surface area contributed by atoms with Gasteiger partial charge >= 0.3 is 5.97 Å². The molecule has 198 valence electrons. The number of hydrogen-bond acceptors (Lipinski definition) is 4. The Kier molecular flexibility index (Phi) is 8.02. The van der Waals surface area contributed by atoms with Crippen LogP contribution in [-0.4, -0.2) is 16.1 Å². The molecular formula is C32H34INO4. The van der Waals surface area contributed by atoms with Crippen LogP contribution in [0.4, 0.5) is 0 Å². The summed E-state index contributed by atoms with van der Waals surface area (Å²) in [6, 6.07) is 21.6. The third-order valence-corrected chi connectivity index (χ3v) is 7.14. The van der Waals surface area contributed by atoms with Gasteiger partial charge in [0.1, 0.15) is 24.7 Å². The minimum Gasteiger partial charge on any atom is -0.489 e. The first-order chi connectivity index (χ1) is 17.9. The molecule has 1 aromatic heterocycles. The summed E-state index contributed by atoms with van der Waals surface area (Å²) in [5.41, 5.74) is 3.66. The van der Waals surface area contributed by atoms with E-state index in [2.05, 4.69) is 64.1 Å². The Balaban J connectivity index is 1.79. The van der Waals surface area contributed by atoms with E-state index in [4.69, 9.17) is 14.5 Å². The summed E-state index contributed by atoms with van der Waals surface area (Å²) in [7, 11) is 0. The average molecular weight is 624 g/mol. The van der Waals surface area contributed by atoms with Gasteiger partial charge in [-0.2, -0.15) is 0 Å². The van der Waals surface area contributed by atoms with Crippen LogP contribution in [0.3, 0.4) is 0 Å². The minimum atomic E-state index is -1.05. The summed E-state index contributed by atoms with van der Waals surface area (Å²) in [4.78, 5) is 17.4. The molecule has 0 amide bonds. The van der Waals surface area contributed by atoms with Crippen LogP contribution in [0.2, 0.25) is 0 Å². The normalized spacial score (nSPS) is 12.0. The first-order valence-corrected chi connectivity index (χ1v) is 13.7. The van der Waals surface area contributed by atoms with Crippen LogP contribution in [0.5, 0.6) is 11.5 Å². The minimum absolute atomic E-state index is 0.0300. The molecule has 0 saturated carbocycles. The van der Waals surface area contributed by atoms with Crippen LogP contribution in [0, 0.1) is 3.57 Å². The fraction of sp³-hybridized carbons (Fsp3) is 0.312. The van der Waals surface area contributed by atoms with Gasteiger partial charge in [0.05, 0.1) is 16.8 Å². The highest BCUT2D eigenvalue weighted by molar-refractivity contribution is 14.1. The number of para-hydroxylation sites is 2. The highest BCUT2D eigenvalue weighted by atomic mass is 127. The van der Waals surface area contributed by atoms with E-state index < -0.39 is 5.97 Å². The fourth-order valence-corrected chi connectivity index (χ4v) is 5.08. The standard InChI is InChI=1S/C32H34INO4/c1-31(2,3)23-11-7-9-13-27(23)37-18-22-21-17-20(33)15-16-25(21)34-26(29(22)30(35)36)19-38-28-14-10-8-12-24(28)32(4,5)6/h7-17H,18-19H2,1-6H3,(H,35,36). The van der Waals surface area contributed by atoms with E-state index in [1.807, 2.05) is 66.7 Å². The van der Waals surface area contributed by atoms with E-state index in [9.17, 15) is 9.90 Å². The summed E-state index contributed by atoms with van der Waals surface area (Å²) < 4.78 is 13.6. The number of aromatic nitrogens is 1. The van der Waals surface area contributed by atoms with E-state index in [0.29, 0.717) is 16.8 Å². The number of carboxylic acids is 1. The van der Waals surface area contributed by atoms with E-state index in [1.54, 1.807) is 0 Å². The van der Waals surface area contributed by atoms with E-state index in [0.717, 1.165) is 31.6 Å². The van der Waals surface area contributed by atoms with Crippen molar-refractivity contribution in [2.75, 3.05) is 0 Å². The second-order valence-corrected chi connectivity index (χ2v) is 12.7. The maximum atomic E-state index is 12.7. The van der Waals surface area contributed by atoms with Gasteiger partial charge in [0, 0.05) is 14.5 Å². The summed E-state index contributed by atoms with van der Waals surface area (Å²) >= 11 is 2.23. The Morgan fingerprint density at radius 2 is 1.34 bits per heavy atom. The predicted molar refractivity (Wildman–Crippen MR) is 160 cm³/mol. The van der Waals surface area contributed by atoms with Gasteiger partial charge in [-0.25, -0.2) is 9.78 Å². The highest BCUT2D eigenvalue weighted by Gasteiger charge is 2.25. The van der Waals surface area contributed by atoms with Crippen molar-refractivity contribution in [2.24, 2.45) is 0 Å². The number of benzene rings is 3. The molecular weight excluding hydrogens is 589 g/mol. The van der Waals surface area contributed by atoms with Crippen molar-refractivity contribution in [3.05, 3.63) is 98.2 Å². The molecule has 5 nitrogen and oxygen atoms in total. The molecule has 3 aromatic carbocycles. The SMILES string of the molecule is CC(C)(C)c1ccccc1OCc1nc2ccc(I)cc2c(COc2ccccc2C(C)(C)C)c1C(=O)O. The topological polar surface area (TPSA) is 68.7 Å². The number of fused-ring (bicyclic) bond motifs is 1. The summed E-state index contributed by atoms with van der Waals surface area (Å²) in [5.74, 6) is 0.408. The molecule has 0 atom stereocenters. The number of hydrogen-bond donors (Lipinski definition) is 1. The maximum absolute atomic E-state index is 12.7. The molecule has 0 spiro atoms. The van der Waals surface area contributed by atoms with Gasteiger partial charge in [-0.05, 0) is 74.9 Å². The lowest BCUT2D eigenvalue weighted by atomic mass is 9.86. The van der Waals surface area contributed by atoms with Crippen LogP contribution >= 0.6 is 22.6 Å². The van der Waals surface area contributed by atoms with Crippen LogP contribution < -0.4 is 9.47 Å². The lowest BCUT2D eigenvalue weighted by Gasteiger charge is -2.24. The summed E-state index contributed by atoms with van der Waals surface area (Å²) in [5, 5.41) is 11.1. The van der Waals surface area contributed by atoms with Crippen molar-refractivity contribution in [2.45, 2.75) is 65.6 Å². The van der Waals surface area contributed by atoms with Crippen molar-refractivity contribution in [3.63, 3.8) is 0 Å². The van der Waals surface area contributed by atoms with Crippen LogP contribution in [0.25, 0.3) is 10.9 Å². The Morgan fingerprint density at radius 1 is 0.816 bits per heavy atom. The summed E-state index contributed by atoms with van der Waals surface area (Å²) in [6.07, 6.45) is 0. The smallest absolute Gasteiger partial charge is 0.338 e. The predicted octanol–water partition coefficient (Wildman–Crippen LogP) is 8.29. The third-order valence-electron chi connectivity index (χ3n) is 6.47. The molecule has 0 fully saturated rings. The third kappa shape index (κ3) is 6.12. The molecule has 0 aliphatic heterocycles. The second-order valence-electron chi connectivity index (χ2n) is 11.4. The van der Waals surface area contributed by atoms with Crippen molar-refractivity contribution in [1.82, 2.24) is 4.98 Å². The average Bonchev–Trinajstić information content (AvgIpc) is 2.85.